The zero-order chi connectivity index (χ0) is 18.6. The maximum Gasteiger partial charge on any atom is 0.0659 e. The van der Waals surface area contributed by atoms with E-state index in [0.717, 1.165) is 31.6 Å². The molecule has 0 spiro atoms. The van der Waals surface area contributed by atoms with Crippen LogP contribution in [0.2, 0.25) is 0 Å². The summed E-state index contributed by atoms with van der Waals surface area (Å²) >= 11 is 0. The number of rotatable bonds is 7. The molecule has 0 bridgehead atoms. The summed E-state index contributed by atoms with van der Waals surface area (Å²) < 4.78 is 4.35. The summed E-state index contributed by atoms with van der Waals surface area (Å²) in [7, 11) is 4.25. The quantitative estimate of drug-likeness (QED) is 0.486. The molecule has 4 nitrogen and oxygen atoms in total. The largest absolute Gasteiger partial charge is 0.347 e. The molecule has 0 amide bonds. The molecule has 138 valence electrons. The standard InChI is InChI=1S/C23H26N4/c1-25(2)12-6-13-26-14-11-21-15-20(9-10-23(21)26)22-16-24-27(18-22)17-19-7-4-3-5-8-19/h3-5,7-11,14-16,18H,6,12-13,17H2,1-2H3. The summed E-state index contributed by atoms with van der Waals surface area (Å²) in [5, 5.41) is 5.82. The van der Waals surface area contributed by atoms with Gasteiger partial charge in [-0.25, -0.2) is 0 Å². The lowest BCUT2D eigenvalue weighted by Crippen LogP contribution is -2.14. The van der Waals surface area contributed by atoms with E-state index in [0.29, 0.717) is 0 Å². The second-order valence-corrected chi connectivity index (χ2v) is 7.35. The fourth-order valence-corrected chi connectivity index (χ4v) is 3.50. The minimum atomic E-state index is 0.797. The molecular formula is C23H26N4. The van der Waals surface area contributed by atoms with Gasteiger partial charge in [-0.2, -0.15) is 5.10 Å². The van der Waals surface area contributed by atoms with Crippen LogP contribution in [0.15, 0.2) is 73.2 Å². The third-order valence-electron chi connectivity index (χ3n) is 4.93. The Morgan fingerprint density at radius 1 is 0.963 bits per heavy atom. The van der Waals surface area contributed by atoms with Crippen LogP contribution in [0.3, 0.4) is 0 Å². The summed E-state index contributed by atoms with van der Waals surface area (Å²) in [6.07, 6.45) is 7.44. The van der Waals surface area contributed by atoms with E-state index in [2.05, 4.69) is 89.6 Å². The van der Waals surface area contributed by atoms with Gasteiger partial charge in [0.25, 0.3) is 0 Å². The van der Waals surface area contributed by atoms with Crippen LogP contribution in [0.1, 0.15) is 12.0 Å². The van der Waals surface area contributed by atoms with Crippen molar-refractivity contribution in [3.05, 3.63) is 78.8 Å². The molecule has 4 heteroatoms. The molecule has 0 aliphatic heterocycles. The Balaban J connectivity index is 1.51. The molecule has 0 radical (unpaired) electrons. The maximum atomic E-state index is 4.54. The molecule has 0 aliphatic rings. The van der Waals surface area contributed by atoms with Crippen LogP contribution in [0.4, 0.5) is 0 Å². The van der Waals surface area contributed by atoms with Gasteiger partial charge in [0.2, 0.25) is 0 Å². The number of nitrogens with zero attached hydrogens (tertiary/aromatic N) is 4. The van der Waals surface area contributed by atoms with Crippen LogP contribution in [0.25, 0.3) is 22.0 Å². The Labute approximate surface area is 160 Å². The first kappa shape index (κ1) is 17.6. The average molecular weight is 358 g/mol. The second-order valence-electron chi connectivity index (χ2n) is 7.35. The Hall–Kier alpha value is -2.85. The lowest BCUT2D eigenvalue weighted by Gasteiger charge is -2.10. The van der Waals surface area contributed by atoms with Gasteiger partial charge in [0.1, 0.15) is 0 Å². The smallest absolute Gasteiger partial charge is 0.0659 e. The highest BCUT2D eigenvalue weighted by Gasteiger charge is 2.06. The topological polar surface area (TPSA) is 26.0 Å². The van der Waals surface area contributed by atoms with E-state index in [1.165, 1.54) is 22.0 Å². The molecule has 2 aromatic carbocycles. The van der Waals surface area contributed by atoms with Crippen LogP contribution in [-0.2, 0) is 13.1 Å². The van der Waals surface area contributed by atoms with Gasteiger partial charge in [0.05, 0.1) is 12.7 Å². The van der Waals surface area contributed by atoms with Gasteiger partial charge in [0.15, 0.2) is 0 Å². The number of aryl methyl sites for hydroxylation is 1. The number of benzene rings is 2. The van der Waals surface area contributed by atoms with Crippen LogP contribution in [0, 0.1) is 0 Å². The molecular weight excluding hydrogens is 332 g/mol. The number of hydrogen-bond acceptors (Lipinski definition) is 2. The van der Waals surface area contributed by atoms with Crippen molar-refractivity contribution in [1.82, 2.24) is 19.2 Å². The van der Waals surface area contributed by atoms with Gasteiger partial charge >= 0.3 is 0 Å². The Bertz CT molecular complexity index is 1010. The molecule has 27 heavy (non-hydrogen) atoms. The van der Waals surface area contributed by atoms with E-state index in [4.69, 9.17) is 0 Å². The molecule has 0 saturated heterocycles. The first-order valence-electron chi connectivity index (χ1n) is 9.49. The third-order valence-corrected chi connectivity index (χ3v) is 4.93. The molecule has 0 fully saturated rings. The zero-order valence-electron chi connectivity index (χ0n) is 16.0. The van der Waals surface area contributed by atoms with Crippen LogP contribution in [0.5, 0.6) is 0 Å². The summed E-state index contributed by atoms with van der Waals surface area (Å²) in [4.78, 5) is 2.23. The van der Waals surface area contributed by atoms with Crippen molar-refractivity contribution in [1.29, 1.82) is 0 Å². The van der Waals surface area contributed by atoms with Crippen LogP contribution in [-0.4, -0.2) is 39.9 Å². The van der Waals surface area contributed by atoms with E-state index in [1.54, 1.807) is 0 Å². The molecule has 4 aromatic rings. The van der Waals surface area contributed by atoms with Gasteiger partial charge in [-0.15, -0.1) is 0 Å². The highest BCUT2D eigenvalue weighted by molar-refractivity contribution is 5.85. The zero-order valence-corrected chi connectivity index (χ0v) is 16.0. The fraction of sp³-hybridized carbons (Fsp3) is 0.261. The van der Waals surface area contributed by atoms with E-state index >= 15 is 0 Å². The van der Waals surface area contributed by atoms with Gasteiger partial charge in [-0.05, 0) is 56.4 Å². The predicted octanol–water partition coefficient (Wildman–Crippen LogP) is 4.50. The lowest BCUT2D eigenvalue weighted by atomic mass is 10.1. The molecule has 0 saturated carbocycles. The summed E-state index contributed by atoms with van der Waals surface area (Å²) in [6, 6.07) is 19.3. The average Bonchev–Trinajstić information content (AvgIpc) is 3.29. The third kappa shape index (κ3) is 4.12. The van der Waals surface area contributed by atoms with E-state index < -0.39 is 0 Å². The van der Waals surface area contributed by atoms with E-state index in [1.807, 2.05) is 16.9 Å². The van der Waals surface area contributed by atoms with Crippen molar-refractivity contribution in [2.45, 2.75) is 19.5 Å². The summed E-state index contributed by atoms with van der Waals surface area (Å²) in [5.41, 5.74) is 4.94. The summed E-state index contributed by atoms with van der Waals surface area (Å²) in [6.45, 7) is 2.96. The van der Waals surface area contributed by atoms with Crippen LogP contribution < -0.4 is 0 Å². The van der Waals surface area contributed by atoms with Crippen molar-refractivity contribution < 1.29 is 0 Å². The summed E-state index contributed by atoms with van der Waals surface area (Å²) in [5.74, 6) is 0. The molecule has 0 N–H and O–H groups in total. The van der Waals surface area contributed by atoms with Crippen molar-refractivity contribution in [3.63, 3.8) is 0 Å². The Morgan fingerprint density at radius 2 is 1.81 bits per heavy atom. The molecule has 2 aromatic heterocycles. The van der Waals surface area contributed by atoms with Gasteiger partial charge < -0.3 is 9.47 Å². The van der Waals surface area contributed by atoms with Crippen molar-refractivity contribution in [3.8, 4) is 11.1 Å². The SMILES string of the molecule is CN(C)CCCn1ccc2cc(-c3cnn(Cc4ccccc4)c3)ccc21. The maximum absolute atomic E-state index is 4.54. The number of hydrogen-bond donors (Lipinski definition) is 0. The first-order chi connectivity index (χ1) is 13.2. The highest BCUT2D eigenvalue weighted by Crippen LogP contribution is 2.25. The van der Waals surface area contributed by atoms with Gasteiger partial charge in [-0.1, -0.05) is 36.4 Å². The lowest BCUT2D eigenvalue weighted by molar-refractivity contribution is 0.388. The van der Waals surface area contributed by atoms with E-state index in [9.17, 15) is 0 Å². The minimum absolute atomic E-state index is 0.797. The second kappa shape index (κ2) is 7.80. The number of aromatic nitrogens is 3. The Morgan fingerprint density at radius 3 is 2.63 bits per heavy atom. The monoisotopic (exact) mass is 358 g/mol. The fourth-order valence-electron chi connectivity index (χ4n) is 3.50. The van der Waals surface area contributed by atoms with Crippen molar-refractivity contribution >= 4 is 10.9 Å². The normalized spacial score (nSPS) is 11.5. The minimum Gasteiger partial charge on any atom is -0.347 e. The highest BCUT2D eigenvalue weighted by atomic mass is 15.3. The molecule has 0 atom stereocenters. The van der Waals surface area contributed by atoms with Crippen molar-refractivity contribution in [2.75, 3.05) is 20.6 Å². The molecule has 2 heterocycles. The Kier molecular flexibility index (Phi) is 5.07. The van der Waals surface area contributed by atoms with E-state index in [-0.39, 0.29) is 0 Å². The van der Waals surface area contributed by atoms with Gasteiger partial charge in [0, 0.05) is 35.4 Å². The molecule has 0 unspecified atom stereocenters. The molecule has 4 rings (SSSR count). The number of fused-ring (bicyclic) bond motifs is 1. The predicted molar refractivity (Wildman–Crippen MR) is 112 cm³/mol. The van der Waals surface area contributed by atoms with Crippen molar-refractivity contribution in [2.24, 2.45) is 0 Å². The molecule has 0 aliphatic carbocycles. The van der Waals surface area contributed by atoms with Gasteiger partial charge in [-0.3, -0.25) is 4.68 Å². The van der Waals surface area contributed by atoms with Crippen LogP contribution >= 0.6 is 0 Å². The first-order valence-corrected chi connectivity index (χ1v) is 9.49.